The summed E-state index contributed by atoms with van der Waals surface area (Å²) in [5.41, 5.74) is 0. The van der Waals surface area contributed by atoms with Crippen LogP contribution < -0.4 is 0 Å². The molecule has 18 heteroatoms. The highest BCUT2D eigenvalue weighted by Crippen LogP contribution is 2.50. The molecule has 0 unspecified atom stereocenters. The van der Waals surface area contributed by atoms with Gasteiger partial charge >= 0.3 is 47.6 Å². The highest BCUT2D eigenvalue weighted by molar-refractivity contribution is 14.1. The van der Waals surface area contributed by atoms with Crippen LogP contribution in [0.25, 0.3) is 0 Å². The first-order chi connectivity index (χ1) is 14.7. The molecule has 0 saturated heterocycles. The van der Waals surface area contributed by atoms with Crippen molar-refractivity contribution in [2.45, 2.75) is 92.6 Å². The van der Waals surface area contributed by atoms with Gasteiger partial charge in [-0.3, -0.25) is 0 Å². The molecule has 0 radical (unpaired) electrons. The van der Waals surface area contributed by atoms with Gasteiger partial charge in [0.2, 0.25) is 0 Å². The van der Waals surface area contributed by atoms with Gasteiger partial charge in [-0.15, -0.1) is 0 Å². The first-order valence-corrected chi connectivity index (χ1v) is 10.5. The van der Waals surface area contributed by atoms with E-state index >= 15 is 0 Å². The van der Waals surface area contributed by atoms with E-state index in [0.717, 1.165) is 0 Å². The topological polar surface area (TPSA) is 0 Å². The predicted octanol–water partition coefficient (Wildman–Crippen LogP) is 9.16. The van der Waals surface area contributed by atoms with Crippen molar-refractivity contribution >= 4 is 22.6 Å². The van der Waals surface area contributed by atoms with Crippen LogP contribution >= 0.6 is 22.6 Å². The quantitative estimate of drug-likeness (QED) is 0.0993. The highest BCUT2D eigenvalue weighted by Gasteiger charge is 2.64. The van der Waals surface area contributed by atoms with Crippen molar-refractivity contribution in [3.8, 4) is 0 Å². The van der Waals surface area contributed by atoms with E-state index in [-0.39, 0.29) is 0 Å². The monoisotopic (exact) mass is 658 g/mol. The third kappa shape index (κ3) is 8.03. The Kier molecular flexibility index (Phi) is 10.4. The van der Waals surface area contributed by atoms with E-state index in [2.05, 4.69) is 0 Å². The number of rotatable bonds is 14. The normalized spacial score (nSPS) is 15.7. The molecule has 0 aromatic heterocycles. The first kappa shape index (κ1) is 33.5. The van der Waals surface area contributed by atoms with Crippen molar-refractivity contribution in [1.82, 2.24) is 0 Å². The molecule has 0 nitrogen and oxygen atoms in total. The Morgan fingerprint density at radius 2 is 0.471 bits per heavy atom. The molecular weight excluding hydrogens is 642 g/mol. The molecule has 0 aromatic rings. The van der Waals surface area contributed by atoms with Crippen LogP contribution in [0, 0.1) is 0 Å². The van der Waals surface area contributed by atoms with Crippen molar-refractivity contribution in [3.63, 3.8) is 0 Å². The predicted molar refractivity (Wildman–Crippen MR) is 91.9 cm³/mol. The SMILES string of the molecule is FC(F)(F)C(F)(F)CCC(F)(F)C(F)(F)CCC(F)(F)C(F)(F)CCC(F)(F)C(F)(F)CCI. The largest absolute Gasteiger partial charge is 0.453 e. The minimum absolute atomic E-state index is 0.578. The minimum Gasteiger partial charge on any atom is -0.200 e. The number of alkyl halides is 18. The van der Waals surface area contributed by atoms with Crippen molar-refractivity contribution in [2.75, 3.05) is 4.43 Å². The second-order valence-corrected chi connectivity index (χ2v) is 8.45. The second-order valence-electron chi connectivity index (χ2n) is 7.37. The molecule has 0 amide bonds. The first-order valence-electron chi connectivity index (χ1n) is 8.95. The van der Waals surface area contributed by atoms with Crippen molar-refractivity contribution in [3.05, 3.63) is 0 Å². The van der Waals surface area contributed by atoms with E-state index in [1.807, 2.05) is 0 Å². The Morgan fingerprint density at radius 1 is 0.294 bits per heavy atom. The fourth-order valence-corrected chi connectivity index (χ4v) is 2.98. The maximum atomic E-state index is 13.6. The zero-order chi connectivity index (χ0) is 27.7. The molecular formula is C16H16F17I. The summed E-state index contributed by atoms with van der Waals surface area (Å²) in [5, 5.41) is 0. The van der Waals surface area contributed by atoms with Crippen LogP contribution in [-0.2, 0) is 0 Å². The van der Waals surface area contributed by atoms with Crippen LogP contribution in [0.2, 0.25) is 0 Å². The molecule has 0 heterocycles. The Bertz CT molecular complexity index is 652. The fourth-order valence-electron chi connectivity index (χ4n) is 2.30. The molecule has 0 aliphatic heterocycles. The van der Waals surface area contributed by atoms with Crippen molar-refractivity contribution in [1.29, 1.82) is 0 Å². The zero-order valence-corrected chi connectivity index (χ0v) is 18.6. The van der Waals surface area contributed by atoms with Crippen LogP contribution in [0.5, 0.6) is 0 Å². The Balaban J connectivity index is 5.31. The summed E-state index contributed by atoms with van der Waals surface area (Å²) in [6.45, 7) is 0. The fraction of sp³-hybridized carbons (Fsp3) is 1.00. The van der Waals surface area contributed by atoms with Crippen LogP contribution in [-0.4, -0.2) is 52.1 Å². The van der Waals surface area contributed by atoms with E-state index < -0.39 is 97.0 Å². The van der Waals surface area contributed by atoms with Crippen LogP contribution in [0.15, 0.2) is 0 Å². The molecule has 0 aliphatic carbocycles. The Labute approximate surface area is 194 Å². The Hall–Kier alpha value is -0.460. The van der Waals surface area contributed by atoms with Crippen molar-refractivity contribution < 1.29 is 74.6 Å². The maximum absolute atomic E-state index is 13.6. The summed E-state index contributed by atoms with van der Waals surface area (Å²) in [5.74, 6) is -38.9. The third-order valence-corrected chi connectivity index (χ3v) is 5.23. The van der Waals surface area contributed by atoms with Gasteiger partial charge in [0.05, 0.1) is 0 Å². The summed E-state index contributed by atoms with van der Waals surface area (Å²) in [6, 6.07) is 0. The summed E-state index contributed by atoms with van der Waals surface area (Å²) in [7, 11) is 0. The molecule has 34 heavy (non-hydrogen) atoms. The number of halogens is 18. The molecule has 0 N–H and O–H groups in total. The summed E-state index contributed by atoms with van der Waals surface area (Å²) < 4.78 is 222. The second kappa shape index (κ2) is 10.5. The van der Waals surface area contributed by atoms with E-state index in [1.54, 1.807) is 0 Å². The van der Waals surface area contributed by atoms with Gasteiger partial charge in [0, 0.05) is 49.4 Å². The van der Waals surface area contributed by atoms with Gasteiger partial charge in [-0.05, 0) is 0 Å². The lowest BCUT2D eigenvalue weighted by molar-refractivity contribution is -0.295. The van der Waals surface area contributed by atoms with Gasteiger partial charge in [0.15, 0.2) is 0 Å². The standard InChI is InChI=1S/C16H16F17I/c17-9(18,10(19,20)3-4-13(25,26)14(27,28)7-8-34)1-2-11(21,22)12(23,24)5-6-15(29,30)16(31,32)33/h1-8H2. The van der Waals surface area contributed by atoms with Gasteiger partial charge in [-0.2, -0.15) is 74.6 Å². The lowest BCUT2D eigenvalue weighted by Crippen LogP contribution is -2.48. The maximum Gasteiger partial charge on any atom is 0.453 e. The molecule has 0 rings (SSSR count). The van der Waals surface area contributed by atoms with Crippen LogP contribution in [0.3, 0.4) is 0 Å². The van der Waals surface area contributed by atoms with Crippen LogP contribution in [0.1, 0.15) is 44.9 Å². The van der Waals surface area contributed by atoms with Gasteiger partial charge in [0.1, 0.15) is 0 Å². The highest BCUT2D eigenvalue weighted by atomic mass is 127. The van der Waals surface area contributed by atoms with Gasteiger partial charge in [-0.1, -0.05) is 22.6 Å². The van der Waals surface area contributed by atoms with Gasteiger partial charge in [0.25, 0.3) is 0 Å². The number of hydrogen-bond acceptors (Lipinski definition) is 0. The van der Waals surface area contributed by atoms with E-state index in [0.29, 0.717) is 0 Å². The average Bonchev–Trinajstić information content (AvgIpc) is 2.62. The van der Waals surface area contributed by atoms with Crippen LogP contribution in [0.4, 0.5) is 74.6 Å². The van der Waals surface area contributed by atoms with E-state index in [4.69, 9.17) is 0 Å². The molecule has 0 aliphatic rings. The molecule has 0 spiro atoms. The Morgan fingerprint density at radius 3 is 0.647 bits per heavy atom. The van der Waals surface area contributed by atoms with E-state index in [9.17, 15) is 74.6 Å². The molecule has 0 bridgehead atoms. The third-order valence-electron chi connectivity index (χ3n) is 4.69. The molecule has 206 valence electrons. The summed E-state index contributed by atoms with van der Waals surface area (Å²) in [6.07, 6.45) is -24.6. The lowest BCUT2D eigenvalue weighted by atomic mass is 9.93. The van der Waals surface area contributed by atoms with E-state index in [1.165, 1.54) is 22.6 Å². The molecule has 0 saturated carbocycles. The van der Waals surface area contributed by atoms with Gasteiger partial charge < -0.3 is 0 Å². The smallest absolute Gasteiger partial charge is 0.200 e. The molecule has 0 aromatic carbocycles. The minimum atomic E-state index is -6.40. The lowest BCUT2D eigenvalue weighted by Gasteiger charge is -2.33. The average molecular weight is 658 g/mol. The van der Waals surface area contributed by atoms with Crippen molar-refractivity contribution in [2.24, 2.45) is 0 Å². The summed E-state index contributed by atoms with van der Waals surface area (Å²) in [4.78, 5) is 0. The molecule has 0 atom stereocenters. The number of hydrogen-bond donors (Lipinski definition) is 0. The molecule has 0 fully saturated rings. The van der Waals surface area contributed by atoms with Gasteiger partial charge in [-0.25, -0.2) is 0 Å². The zero-order valence-electron chi connectivity index (χ0n) is 16.5. The summed E-state index contributed by atoms with van der Waals surface area (Å²) >= 11 is 1.24.